The second-order valence-corrected chi connectivity index (χ2v) is 4.55. The van der Waals surface area contributed by atoms with Crippen LogP contribution in [0.15, 0.2) is 30.3 Å². The standard InChI is InChI=1S/C16H27NO3/c1-3-17-16(15-8-5-4-6-9-15)14-20-11-7-10-19-13-12-18-2/h4-6,8-9,16-17H,3,7,10-14H2,1-2H3. The summed E-state index contributed by atoms with van der Waals surface area (Å²) < 4.78 is 16.0. The maximum atomic E-state index is 5.74. The summed E-state index contributed by atoms with van der Waals surface area (Å²) in [5.74, 6) is 0. The number of methoxy groups -OCH3 is 1. The van der Waals surface area contributed by atoms with Gasteiger partial charge in [0.25, 0.3) is 0 Å². The molecule has 0 bridgehead atoms. The Hall–Kier alpha value is -0.940. The van der Waals surface area contributed by atoms with Crippen molar-refractivity contribution in [1.82, 2.24) is 5.32 Å². The molecule has 4 nitrogen and oxygen atoms in total. The molecule has 1 N–H and O–H groups in total. The third-order valence-electron chi connectivity index (χ3n) is 2.95. The lowest BCUT2D eigenvalue weighted by Gasteiger charge is -2.18. The first-order valence-corrected chi connectivity index (χ1v) is 7.31. The van der Waals surface area contributed by atoms with Crippen LogP contribution in [0.3, 0.4) is 0 Å². The molecule has 0 saturated carbocycles. The molecule has 0 aromatic heterocycles. The maximum Gasteiger partial charge on any atom is 0.0700 e. The van der Waals surface area contributed by atoms with Gasteiger partial charge in [-0.05, 0) is 18.5 Å². The maximum absolute atomic E-state index is 5.74. The zero-order valence-electron chi connectivity index (χ0n) is 12.6. The summed E-state index contributed by atoms with van der Waals surface area (Å²) in [5.41, 5.74) is 1.27. The van der Waals surface area contributed by atoms with Crippen LogP contribution in [-0.4, -0.2) is 46.7 Å². The van der Waals surface area contributed by atoms with E-state index in [0.717, 1.165) is 26.2 Å². The van der Waals surface area contributed by atoms with E-state index in [1.165, 1.54) is 5.56 Å². The van der Waals surface area contributed by atoms with Crippen LogP contribution in [0.4, 0.5) is 0 Å². The van der Waals surface area contributed by atoms with E-state index in [0.29, 0.717) is 19.8 Å². The Balaban J connectivity index is 2.14. The molecular weight excluding hydrogens is 254 g/mol. The van der Waals surface area contributed by atoms with Crippen molar-refractivity contribution in [2.45, 2.75) is 19.4 Å². The summed E-state index contributed by atoms with van der Waals surface area (Å²) >= 11 is 0. The molecule has 0 aliphatic carbocycles. The molecule has 0 amide bonds. The smallest absolute Gasteiger partial charge is 0.0700 e. The molecule has 0 radical (unpaired) electrons. The van der Waals surface area contributed by atoms with Crippen LogP contribution in [0, 0.1) is 0 Å². The average Bonchev–Trinajstić information content (AvgIpc) is 2.50. The Morgan fingerprint density at radius 2 is 1.75 bits per heavy atom. The monoisotopic (exact) mass is 281 g/mol. The fourth-order valence-corrected chi connectivity index (χ4v) is 1.91. The molecule has 0 spiro atoms. The minimum atomic E-state index is 0.260. The van der Waals surface area contributed by atoms with Crippen molar-refractivity contribution < 1.29 is 14.2 Å². The van der Waals surface area contributed by atoms with Gasteiger partial charge < -0.3 is 19.5 Å². The minimum absolute atomic E-state index is 0.260. The largest absolute Gasteiger partial charge is 0.382 e. The first kappa shape index (κ1) is 17.1. The first-order valence-electron chi connectivity index (χ1n) is 7.31. The second-order valence-electron chi connectivity index (χ2n) is 4.55. The van der Waals surface area contributed by atoms with Crippen molar-refractivity contribution >= 4 is 0 Å². The lowest BCUT2D eigenvalue weighted by Crippen LogP contribution is -2.25. The molecule has 20 heavy (non-hydrogen) atoms. The number of ether oxygens (including phenoxy) is 3. The molecule has 0 aliphatic heterocycles. The zero-order chi connectivity index (χ0) is 14.5. The molecule has 0 saturated heterocycles. The van der Waals surface area contributed by atoms with Gasteiger partial charge >= 0.3 is 0 Å². The van der Waals surface area contributed by atoms with E-state index in [4.69, 9.17) is 14.2 Å². The Kier molecular flexibility index (Phi) is 10.1. The predicted molar refractivity (Wildman–Crippen MR) is 81.0 cm³/mol. The summed E-state index contributed by atoms with van der Waals surface area (Å²) in [6.45, 7) is 6.48. The molecular formula is C16H27NO3. The predicted octanol–water partition coefficient (Wildman–Crippen LogP) is 2.41. The highest BCUT2D eigenvalue weighted by molar-refractivity contribution is 5.18. The summed E-state index contributed by atoms with van der Waals surface area (Å²) in [4.78, 5) is 0. The van der Waals surface area contributed by atoms with Crippen LogP contribution in [0.25, 0.3) is 0 Å². The van der Waals surface area contributed by atoms with Crippen molar-refractivity contribution in [3.63, 3.8) is 0 Å². The van der Waals surface area contributed by atoms with Gasteiger partial charge in [-0.3, -0.25) is 0 Å². The SMILES string of the molecule is CCNC(COCCCOCCOC)c1ccccc1. The van der Waals surface area contributed by atoms with Gasteiger partial charge in [0.05, 0.1) is 25.9 Å². The third-order valence-corrected chi connectivity index (χ3v) is 2.95. The van der Waals surface area contributed by atoms with E-state index in [1.54, 1.807) is 7.11 Å². The van der Waals surface area contributed by atoms with E-state index in [-0.39, 0.29) is 6.04 Å². The quantitative estimate of drug-likeness (QED) is 0.597. The van der Waals surface area contributed by atoms with Crippen molar-refractivity contribution in [2.75, 3.05) is 46.7 Å². The Labute approximate surface area is 122 Å². The van der Waals surface area contributed by atoms with Crippen molar-refractivity contribution in [3.05, 3.63) is 35.9 Å². The number of nitrogens with one attached hydrogen (secondary N) is 1. The van der Waals surface area contributed by atoms with Gasteiger partial charge in [-0.1, -0.05) is 37.3 Å². The molecule has 1 unspecified atom stereocenters. The van der Waals surface area contributed by atoms with Gasteiger partial charge in [-0.15, -0.1) is 0 Å². The molecule has 0 fully saturated rings. The number of hydrogen-bond acceptors (Lipinski definition) is 4. The molecule has 0 aliphatic rings. The van der Waals surface area contributed by atoms with Crippen molar-refractivity contribution in [2.24, 2.45) is 0 Å². The summed E-state index contributed by atoms with van der Waals surface area (Å²) in [5, 5.41) is 3.44. The van der Waals surface area contributed by atoms with Gasteiger partial charge in [0.1, 0.15) is 0 Å². The fraction of sp³-hybridized carbons (Fsp3) is 0.625. The topological polar surface area (TPSA) is 39.7 Å². The molecule has 1 rings (SSSR count). The summed E-state index contributed by atoms with van der Waals surface area (Å²) in [6, 6.07) is 10.7. The normalized spacial score (nSPS) is 12.5. The van der Waals surface area contributed by atoms with Crippen LogP contribution in [0.5, 0.6) is 0 Å². The van der Waals surface area contributed by atoms with E-state index >= 15 is 0 Å². The summed E-state index contributed by atoms with van der Waals surface area (Å²) in [6.07, 6.45) is 0.914. The van der Waals surface area contributed by atoms with Crippen LogP contribution in [0.2, 0.25) is 0 Å². The second kappa shape index (κ2) is 11.9. The van der Waals surface area contributed by atoms with Crippen LogP contribution in [0.1, 0.15) is 24.9 Å². The lowest BCUT2D eigenvalue weighted by atomic mass is 10.1. The highest BCUT2D eigenvalue weighted by Gasteiger charge is 2.09. The fourth-order valence-electron chi connectivity index (χ4n) is 1.91. The highest BCUT2D eigenvalue weighted by Crippen LogP contribution is 2.12. The lowest BCUT2D eigenvalue weighted by molar-refractivity contribution is 0.0475. The molecule has 4 heteroatoms. The van der Waals surface area contributed by atoms with Crippen LogP contribution >= 0.6 is 0 Å². The minimum Gasteiger partial charge on any atom is -0.382 e. The molecule has 0 heterocycles. The van der Waals surface area contributed by atoms with Gasteiger partial charge in [0.15, 0.2) is 0 Å². The molecule has 114 valence electrons. The highest BCUT2D eigenvalue weighted by atomic mass is 16.5. The van der Waals surface area contributed by atoms with E-state index in [2.05, 4.69) is 36.5 Å². The first-order chi connectivity index (χ1) is 9.88. The van der Waals surface area contributed by atoms with E-state index in [1.807, 2.05) is 6.07 Å². The summed E-state index contributed by atoms with van der Waals surface area (Å²) in [7, 11) is 1.68. The van der Waals surface area contributed by atoms with Gasteiger partial charge in [-0.25, -0.2) is 0 Å². The molecule has 1 aromatic rings. The third kappa shape index (κ3) is 7.60. The van der Waals surface area contributed by atoms with Crippen LogP contribution in [-0.2, 0) is 14.2 Å². The van der Waals surface area contributed by atoms with E-state index in [9.17, 15) is 0 Å². The number of rotatable bonds is 12. The Morgan fingerprint density at radius 3 is 2.45 bits per heavy atom. The number of benzene rings is 1. The zero-order valence-corrected chi connectivity index (χ0v) is 12.6. The molecule has 1 aromatic carbocycles. The Bertz CT molecular complexity index is 319. The van der Waals surface area contributed by atoms with Gasteiger partial charge in [-0.2, -0.15) is 0 Å². The van der Waals surface area contributed by atoms with Crippen molar-refractivity contribution in [3.8, 4) is 0 Å². The Morgan fingerprint density at radius 1 is 1.00 bits per heavy atom. The average molecular weight is 281 g/mol. The van der Waals surface area contributed by atoms with E-state index < -0.39 is 0 Å². The van der Waals surface area contributed by atoms with Gasteiger partial charge in [0, 0.05) is 20.3 Å². The van der Waals surface area contributed by atoms with Crippen LogP contribution < -0.4 is 5.32 Å². The molecule has 1 atom stereocenters. The number of hydrogen-bond donors (Lipinski definition) is 1. The van der Waals surface area contributed by atoms with Gasteiger partial charge in [0.2, 0.25) is 0 Å². The van der Waals surface area contributed by atoms with Crippen molar-refractivity contribution in [1.29, 1.82) is 0 Å². The number of likely N-dealkylation sites (N-methyl/N-ethyl adjacent to an activating group) is 1.